The number of carbonyl (C=O) groups excluding carboxylic acids is 3. The van der Waals surface area contributed by atoms with Gasteiger partial charge in [0.15, 0.2) is 6.04 Å². The number of para-hydroxylation sites is 1. The highest BCUT2D eigenvalue weighted by atomic mass is 16.4. The smallest absolute Gasteiger partial charge is 0.328 e. The zero-order chi connectivity index (χ0) is 26.3. The van der Waals surface area contributed by atoms with Gasteiger partial charge in [0.1, 0.15) is 12.1 Å². The van der Waals surface area contributed by atoms with E-state index >= 15 is 0 Å². The standard InChI is InChI=1S/C22H31N5O8/c1-10(29)17(21(33)25-16(9-28)20(32)27-18(11(2)30)22(34)35)26-19(31)14(23)7-12-8-24-15-6-4-3-5-13(12)15/h3-6,8,10-11,14,16-18,24,28-30H,7,9,23H2,1-2H3,(H,25,33)(H,26,31)(H,27,32)(H,34,35). The average molecular weight is 494 g/mol. The summed E-state index contributed by atoms with van der Waals surface area (Å²) >= 11 is 0. The quantitative estimate of drug-likeness (QED) is 0.150. The van der Waals surface area contributed by atoms with Crippen LogP contribution in [-0.4, -0.2) is 92.1 Å². The van der Waals surface area contributed by atoms with Crippen LogP contribution in [0.2, 0.25) is 0 Å². The molecule has 0 saturated heterocycles. The first kappa shape index (κ1) is 27.7. The number of aromatic nitrogens is 1. The van der Waals surface area contributed by atoms with Crippen LogP contribution in [0.3, 0.4) is 0 Å². The number of H-pyrrole nitrogens is 1. The van der Waals surface area contributed by atoms with Crippen LogP contribution < -0.4 is 21.7 Å². The normalized spacial score (nSPS) is 16.4. The number of carboxylic acid groups (broad SMARTS) is 1. The maximum atomic E-state index is 12.7. The van der Waals surface area contributed by atoms with E-state index in [4.69, 9.17) is 10.8 Å². The van der Waals surface area contributed by atoms with Crippen molar-refractivity contribution in [3.05, 3.63) is 36.0 Å². The number of benzene rings is 1. The molecule has 6 unspecified atom stereocenters. The fraction of sp³-hybridized carbons (Fsp3) is 0.455. The Labute approximate surface area is 200 Å². The molecule has 0 radical (unpaired) electrons. The van der Waals surface area contributed by atoms with E-state index in [1.165, 1.54) is 6.92 Å². The maximum Gasteiger partial charge on any atom is 0.328 e. The molecule has 1 aromatic carbocycles. The van der Waals surface area contributed by atoms with Crippen molar-refractivity contribution < 1.29 is 39.6 Å². The molecule has 0 bridgehead atoms. The van der Waals surface area contributed by atoms with Gasteiger partial charge in [-0.3, -0.25) is 14.4 Å². The Balaban J connectivity index is 2.04. The van der Waals surface area contributed by atoms with Gasteiger partial charge in [0.2, 0.25) is 17.7 Å². The molecule has 1 aromatic heterocycles. The Morgan fingerprint density at radius 3 is 2.11 bits per heavy atom. The number of amides is 3. The fourth-order valence-corrected chi connectivity index (χ4v) is 3.39. The van der Waals surface area contributed by atoms with Crippen LogP contribution in [0.4, 0.5) is 0 Å². The van der Waals surface area contributed by atoms with Crippen LogP contribution in [0.25, 0.3) is 10.9 Å². The first-order chi connectivity index (χ1) is 16.5. The Hall–Kier alpha value is -3.52. The van der Waals surface area contributed by atoms with Gasteiger partial charge < -0.3 is 47.1 Å². The van der Waals surface area contributed by atoms with E-state index < -0.39 is 66.7 Å². The first-order valence-corrected chi connectivity index (χ1v) is 10.9. The van der Waals surface area contributed by atoms with Crippen molar-refractivity contribution in [1.29, 1.82) is 0 Å². The number of nitrogens with two attached hydrogens (primary N) is 1. The molecule has 0 aliphatic carbocycles. The molecule has 13 nitrogen and oxygen atoms in total. The number of aliphatic hydroxyl groups excluding tert-OH is 3. The van der Waals surface area contributed by atoms with Gasteiger partial charge in [-0.25, -0.2) is 4.79 Å². The van der Waals surface area contributed by atoms with E-state index in [2.05, 4.69) is 15.6 Å². The SMILES string of the molecule is CC(O)C(NC(=O)C(CO)NC(=O)C(NC(=O)C(N)Cc1c[nH]c2ccccc12)C(C)O)C(=O)O. The van der Waals surface area contributed by atoms with E-state index in [0.717, 1.165) is 23.4 Å². The number of fused-ring (bicyclic) bond motifs is 1. The summed E-state index contributed by atoms with van der Waals surface area (Å²) in [4.78, 5) is 51.9. The highest BCUT2D eigenvalue weighted by Crippen LogP contribution is 2.18. The van der Waals surface area contributed by atoms with Gasteiger partial charge >= 0.3 is 5.97 Å². The lowest BCUT2D eigenvalue weighted by Crippen LogP contribution is -2.61. The number of hydrogen-bond acceptors (Lipinski definition) is 8. The monoisotopic (exact) mass is 493 g/mol. The summed E-state index contributed by atoms with van der Waals surface area (Å²) in [5, 5.41) is 45.5. The topological polar surface area (TPSA) is 227 Å². The summed E-state index contributed by atoms with van der Waals surface area (Å²) in [6.07, 6.45) is -0.985. The zero-order valence-corrected chi connectivity index (χ0v) is 19.3. The van der Waals surface area contributed by atoms with Crippen LogP contribution in [-0.2, 0) is 25.6 Å². The zero-order valence-electron chi connectivity index (χ0n) is 19.3. The van der Waals surface area contributed by atoms with Crippen molar-refractivity contribution >= 4 is 34.6 Å². The third kappa shape index (κ3) is 7.23. The molecule has 10 N–H and O–H groups in total. The first-order valence-electron chi connectivity index (χ1n) is 10.9. The predicted molar refractivity (Wildman–Crippen MR) is 124 cm³/mol. The Bertz CT molecular complexity index is 1050. The minimum absolute atomic E-state index is 0.140. The Morgan fingerprint density at radius 1 is 0.943 bits per heavy atom. The van der Waals surface area contributed by atoms with Gasteiger partial charge in [0.25, 0.3) is 0 Å². The van der Waals surface area contributed by atoms with Gasteiger partial charge in [-0.2, -0.15) is 0 Å². The van der Waals surface area contributed by atoms with Crippen LogP contribution >= 0.6 is 0 Å². The second-order valence-corrected chi connectivity index (χ2v) is 8.21. The number of rotatable bonds is 12. The fourth-order valence-electron chi connectivity index (χ4n) is 3.39. The van der Waals surface area contributed by atoms with Crippen LogP contribution in [0.15, 0.2) is 30.5 Å². The summed E-state index contributed by atoms with van der Waals surface area (Å²) in [6, 6.07) is 1.55. The number of aliphatic hydroxyl groups is 3. The third-order valence-corrected chi connectivity index (χ3v) is 5.38. The van der Waals surface area contributed by atoms with Gasteiger partial charge in [-0.15, -0.1) is 0 Å². The number of carbonyl (C=O) groups is 4. The Kier molecular flexibility index (Phi) is 9.71. The second-order valence-electron chi connectivity index (χ2n) is 8.21. The van der Waals surface area contributed by atoms with E-state index in [9.17, 15) is 34.5 Å². The number of carboxylic acids is 1. The average Bonchev–Trinajstić information content (AvgIpc) is 3.20. The molecule has 13 heteroatoms. The summed E-state index contributed by atoms with van der Waals surface area (Å²) in [6.45, 7) is 1.46. The molecule has 1 heterocycles. The molecule has 0 saturated carbocycles. The van der Waals surface area contributed by atoms with Crippen LogP contribution in [0.5, 0.6) is 0 Å². The number of aromatic amines is 1. The number of aliphatic carboxylic acids is 1. The summed E-state index contributed by atoms with van der Waals surface area (Å²) in [5.74, 6) is -4.34. The molecule has 3 amide bonds. The molecule has 0 spiro atoms. The molecule has 0 fully saturated rings. The van der Waals surface area contributed by atoms with Gasteiger partial charge in [0, 0.05) is 17.1 Å². The van der Waals surface area contributed by atoms with Crippen molar-refractivity contribution in [2.45, 2.75) is 56.6 Å². The Morgan fingerprint density at radius 2 is 1.54 bits per heavy atom. The molecule has 192 valence electrons. The van der Waals surface area contributed by atoms with Gasteiger partial charge in [-0.05, 0) is 31.9 Å². The summed E-state index contributed by atoms with van der Waals surface area (Å²) in [7, 11) is 0. The molecule has 2 aromatic rings. The van der Waals surface area contributed by atoms with E-state index in [1.54, 1.807) is 6.20 Å². The molecule has 35 heavy (non-hydrogen) atoms. The van der Waals surface area contributed by atoms with Crippen LogP contribution in [0.1, 0.15) is 19.4 Å². The lowest BCUT2D eigenvalue weighted by atomic mass is 10.0. The lowest BCUT2D eigenvalue weighted by Gasteiger charge is -2.26. The molecule has 0 aliphatic rings. The number of hydrogen-bond donors (Lipinski definition) is 9. The maximum absolute atomic E-state index is 12.7. The minimum atomic E-state index is -1.68. The highest BCUT2D eigenvalue weighted by Gasteiger charge is 2.33. The second kappa shape index (κ2) is 12.3. The van der Waals surface area contributed by atoms with Crippen molar-refractivity contribution in [1.82, 2.24) is 20.9 Å². The van der Waals surface area contributed by atoms with Crippen molar-refractivity contribution in [3.63, 3.8) is 0 Å². The van der Waals surface area contributed by atoms with Gasteiger partial charge in [-0.1, -0.05) is 18.2 Å². The van der Waals surface area contributed by atoms with E-state index in [0.29, 0.717) is 0 Å². The number of nitrogens with one attached hydrogen (secondary N) is 4. The van der Waals surface area contributed by atoms with Crippen LogP contribution in [0, 0.1) is 0 Å². The van der Waals surface area contributed by atoms with Gasteiger partial charge in [0.05, 0.1) is 24.9 Å². The molecular weight excluding hydrogens is 462 g/mol. The van der Waals surface area contributed by atoms with E-state index in [-0.39, 0.29) is 6.42 Å². The molecule has 2 rings (SSSR count). The highest BCUT2D eigenvalue weighted by molar-refractivity contribution is 5.94. The largest absolute Gasteiger partial charge is 0.480 e. The van der Waals surface area contributed by atoms with Crippen molar-refractivity contribution in [3.8, 4) is 0 Å². The lowest BCUT2D eigenvalue weighted by molar-refractivity contribution is -0.145. The summed E-state index contributed by atoms with van der Waals surface area (Å²) in [5.41, 5.74) is 7.66. The predicted octanol–water partition coefficient (Wildman–Crippen LogP) is -2.67. The molecule has 6 atom stereocenters. The third-order valence-electron chi connectivity index (χ3n) is 5.38. The molecular formula is C22H31N5O8. The minimum Gasteiger partial charge on any atom is -0.480 e. The molecule has 0 aliphatic heterocycles. The van der Waals surface area contributed by atoms with Crippen molar-refractivity contribution in [2.75, 3.05) is 6.61 Å². The van der Waals surface area contributed by atoms with E-state index in [1.807, 2.05) is 29.6 Å². The van der Waals surface area contributed by atoms with Crippen molar-refractivity contribution in [2.24, 2.45) is 5.73 Å². The summed E-state index contributed by atoms with van der Waals surface area (Å²) < 4.78 is 0.